The predicted molar refractivity (Wildman–Crippen MR) is 168 cm³/mol. The van der Waals surface area contributed by atoms with Gasteiger partial charge in [0.15, 0.2) is 0 Å². The van der Waals surface area contributed by atoms with Gasteiger partial charge in [-0.05, 0) is 72.8 Å². The first-order valence-corrected chi connectivity index (χ1v) is 16.4. The standard InChI is InChI=1S/C32H24N4O8S2/c37-29-20-28(34-24-13-17-26(18-14-24)46(43,44)36-32(40)22-9-5-2-6-10-22)30(38)19-27(29)33-23-11-15-25(16-12-23)45(41,42)35-31(39)21-7-3-1-4-8-21/h1-20,33-34H,(H,35,39)(H,36,40). The van der Waals surface area contributed by atoms with Gasteiger partial charge in [-0.2, -0.15) is 0 Å². The topological polar surface area (TPSA) is 185 Å². The van der Waals surface area contributed by atoms with E-state index in [-0.39, 0.29) is 32.3 Å². The summed E-state index contributed by atoms with van der Waals surface area (Å²) in [4.78, 5) is 49.7. The van der Waals surface area contributed by atoms with Gasteiger partial charge in [0.2, 0.25) is 11.6 Å². The highest BCUT2D eigenvalue weighted by Crippen LogP contribution is 2.21. The van der Waals surface area contributed by atoms with Crippen molar-refractivity contribution in [3.8, 4) is 0 Å². The van der Waals surface area contributed by atoms with Crippen molar-refractivity contribution in [3.63, 3.8) is 0 Å². The number of benzene rings is 4. The maximum Gasteiger partial charge on any atom is 0.264 e. The lowest BCUT2D eigenvalue weighted by Crippen LogP contribution is -2.30. The van der Waals surface area contributed by atoms with Gasteiger partial charge >= 0.3 is 0 Å². The van der Waals surface area contributed by atoms with E-state index in [9.17, 15) is 36.0 Å². The Morgan fingerprint density at radius 1 is 0.457 bits per heavy atom. The molecule has 0 bridgehead atoms. The second-order valence-electron chi connectivity index (χ2n) is 9.74. The third kappa shape index (κ3) is 7.43. The third-order valence-corrected chi connectivity index (χ3v) is 9.19. The zero-order valence-electron chi connectivity index (χ0n) is 23.6. The van der Waals surface area contributed by atoms with E-state index in [1.807, 2.05) is 9.44 Å². The second kappa shape index (κ2) is 13.0. The van der Waals surface area contributed by atoms with Gasteiger partial charge in [-0.1, -0.05) is 36.4 Å². The predicted octanol–water partition coefficient (Wildman–Crippen LogP) is 3.37. The fourth-order valence-electron chi connectivity index (χ4n) is 4.16. The number of ketones is 2. The number of amides is 2. The van der Waals surface area contributed by atoms with Crippen LogP contribution in [-0.2, 0) is 29.6 Å². The molecule has 12 nitrogen and oxygen atoms in total. The van der Waals surface area contributed by atoms with Gasteiger partial charge in [-0.15, -0.1) is 0 Å². The first kappa shape index (κ1) is 31.6. The van der Waals surface area contributed by atoms with Crippen LogP contribution in [0.5, 0.6) is 0 Å². The maximum absolute atomic E-state index is 12.8. The highest BCUT2D eigenvalue weighted by Gasteiger charge is 2.23. The van der Waals surface area contributed by atoms with Crippen molar-refractivity contribution in [2.24, 2.45) is 0 Å². The quantitative estimate of drug-likeness (QED) is 0.185. The lowest BCUT2D eigenvalue weighted by atomic mass is 10.1. The largest absolute Gasteiger partial charge is 0.352 e. The molecule has 14 heteroatoms. The van der Waals surface area contributed by atoms with Gasteiger partial charge in [0.05, 0.1) is 21.2 Å². The van der Waals surface area contributed by atoms with Crippen molar-refractivity contribution in [1.29, 1.82) is 0 Å². The van der Waals surface area contributed by atoms with Gasteiger partial charge in [-0.3, -0.25) is 19.2 Å². The van der Waals surface area contributed by atoms with Crippen LogP contribution in [0, 0.1) is 0 Å². The molecule has 0 atom stereocenters. The Balaban J connectivity index is 1.19. The minimum Gasteiger partial charge on any atom is -0.352 e. The second-order valence-corrected chi connectivity index (χ2v) is 13.1. The maximum atomic E-state index is 12.8. The van der Waals surface area contributed by atoms with Crippen molar-refractivity contribution in [3.05, 3.63) is 144 Å². The van der Waals surface area contributed by atoms with E-state index in [0.29, 0.717) is 11.4 Å². The highest BCUT2D eigenvalue weighted by atomic mass is 32.2. The van der Waals surface area contributed by atoms with Crippen LogP contribution in [0.15, 0.2) is 143 Å². The molecule has 1 aliphatic rings. The van der Waals surface area contributed by atoms with E-state index >= 15 is 0 Å². The van der Waals surface area contributed by atoms with Crippen LogP contribution < -0.4 is 20.1 Å². The summed E-state index contributed by atoms with van der Waals surface area (Å²) in [5, 5.41) is 5.55. The lowest BCUT2D eigenvalue weighted by Gasteiger charge is -2.16. The molecule has 0 spiro atoms. The molecule has 232 valence electrons. The number of carbonyl (C=O) groups excluding carboxylic acids is 4. The number of allylic oxidation sites excluding steroid dienone is 2. The summed E-state index contributed by atoms with van der Waals surface area (Å²) >= 11 is 0. The third-order valence-electron chi connectivity index (χ3n) is 6.50. The molecule has 4 aromatic rings. The average molecular weight is 657 g/mol. The summed E-state index contributed by atoms with van der Waals surface area (Å²) in [5.41, 5.74) is 0.822. The van der Waals surface area contributed by atoms with E-state index < -0.39 is 43.4 Å². The highest BCUT2D eigenvalue weighted by molar-refractivity contribution is 7.90. The Hall–Kier alpha value is -5.86. The van der Waals surface area contributed by atoms with Crippen LogP contribution in [0.25, 0.3) is 0 Å². The van der Waals surface area contributed by atoms with Crippen LogP contribution >= 0.6 is 0 Å². The molecule has 0 saturated carbocycles. The van der Waals surface area contributed by atoms with Crippen molar-refractivity contribution in [2.45, 2.75) is 9.79 Å². The molecule has 2 amide bonds. The number of carbonyl (C=O) groups is 4. The summed E-state index contributed by atoms with van der Waals surface area (Å²) in [5.74, 6) is -2.69. The van der Waals surface area contributed by atoms with Gasteiger partial charge in [0, 0.05) is 34.7 Å². The van der Waals surface area contributed by atoms with Crippen molar-refractivity contribution >= 4 is 54.8 Å². The van der Waals surface area contributed by atoms with Crippen LogP contribution in [0.2, 0.25) is 0 Å². The minimum absolute atomic E-state index is 0.0702. The summed E-state index contributed by atoms with van der Waals surface area (Å²) in [6, 6.07) is 26.1. The summed E-state index contributed by atoms with van der Waals surface area (Å²) in [7, 11) is -8.35. The monoisotopic (exact) mass is 656 g/mol. The molecule has 0 radical (unpaired) electrons. The molecule has 4 N–H and O–H groups in total. The molecular weight excluding hydrogens is 633 g/mol. The molecule has 0 heterocycles. The fraction of sp³-hybridized carbons (Fsp3) is 0. The number of anilines is 2. The Bertz CT molecular complexity index is 1960. The summed E-state index contributed by atoms with van der Waals surface area (Å²) in [6.45, 7) is 0. The van der Waals surface area contributed by atoms with E-state index in [1.165, 1.54) is 72.8 Å². The SMILES string of the molecule is O=C1C=C(Nc2ccc(S(=O)(=O)NC(=O)c3ccccc3)cc2)C(=O)C=C1Nc1ccc(S(=O)(=O)NC(=O)c2ccccc2)cc1. The molecule has 0 fully saturated rings. The number of hydrogen-bond acceptors (Lipinski definition) is 10. The van der Waals surface area contributed by atoms with Gasteiger partial charge in [-0.25, -0.2) is 26.3 Å². The zero-order chi connectivity index (χ0) is 32.9. The fourth-order valence-corrected chi connectivity index (χ4v) is 6.11. The van der Waals surface area contributed by atoms with Crippen LogP contribution in [-0.4, -0.2) is 40.2 Å². The minimum atomic E-state index is -4.17. The average Bonchev–Trinajstić information content (AvgIpc) is 3.04. The van der Waals surface area contributed by atoms with Crippen molar-refractivity contribution in [2.75, 3.05) is 10.6 Å². The Morgan fingerprint density at radius 2 is 0.783 bits per heavy atom. The molecule has 0 aliphatic heterocycles. The Kier molecular flexibility index (Phi) is 8.93. The van der Waals surface area contributed by atoms with Crippen molar-refractivity contribution in [1.82, 2.24) is 9.44 Å². The van der Waals surface area contributed by atoms with Crippen molar-refractivity contribution < 1.29 is 36.0 Å². The summed E-state index contributed by atoms with van der Waals surface area (Å²) in [6.07, 6.45) is 2.13. The molecule has 46 heavy (non-hydrogen) atoms. The first-order chi connectivity index (χ1) is 21.9. The number of nitrogens with one attached hydrogen (secondary N) is 4. The molecule has 1 aliphatic carbocycles. The van der Waals surface area contributed by atoms with Crippen LogP contribution in [0.4, 0.5) is 11.4 Å². The summed E-state index contributed by atoms with van der Waals surface area (Å²) < 4.78 is 54.5. The molecule has 4 aromatic carbocycles. The zero-order valence-corrected chi connectivity index (χ0v) is 25.3. The van der Waals surface area contributed by atoms with Gasteiger partial charge in [0.1, 0.15) is 0 Å². The molecule has 0 unspecified atom stereocenters. The molecule has 0 saturated heterocycles. The number of sulfonamides is 2. The van der Waals surface area contributed by atoms with Crippen LogP contribution in [0.3, 0.4) is 0 Å². The Labute approximate surface area is 264 Å². The van der Waals surface area contributed by atoms with Crippen LogP contribution in [0.1, 0.15) is 20.7 Å². The Morgan fingerprint density at radius 3 is 1.11 bits per heavy atom. The van der Waals surface area contributed by atoms with E-state index in [4.69, 9.17) is 0 Å². The molecule has 0 aromatic heterocycles. The lowest BCUT2D eigenvalue weighted by molar-refractivity contribution is -0.115. The normalized spacial score (nSPS) is 13.2. The smallest absolute Gasteiger partial charge is 0.264 e. The molecule has 5 rings (SSSR count). The van der Waals surface area contributed by atoms with Gasteiger partial charge < -0.3 is 10.6 Å². The molecular formula is C32H24N4O8S2. The van der Waals surface area contributed by atoms with E-state index in [0.717, 1.165) is 12.2 Å². The first-order valence-electron chi connectivity index (χ1n) is 13.4. The number of hydrogen-bond donors (Lipinski definition) is 4. The van der Waals surface area contributed by atoms with E-state index in [2.05, 4.69) is 10.6 Å². The van der Waals surface area contributed by atoms with E-state index in [1.54, 1.807) is 36.4 Å². The van der Waals surface area contributed by atoms with Gasteiger partial charge in [0.25, 0.3) is 31.9 Å². The number of rotatable bonds is 10.